The lowest BCUT2D eigenvalue weighted by molar-refractivity contribution is 0.406. The number of thiazole rings is 1. The second kappa shape index (κ2) is 8.40. The normalized spacial score (nSPS) is 11.8. The van der Waals surface area contributed by atoms with E-state index in [1.54, 1.807) is 25.3 Å². The third-order valence-electron chi connectivity index (χ3n) is 5.11. The van der Waals surface area contributed by atoms with Crippen molar-refractivity contribution < 1.29 is 13.5 Å². The fraction of sp³-hybridized carbons (Fsp3) is 0.0769. The Kier molecular flexibility index (Phi) is 5.29. The predicted octanol–water partition coefficient (Wildman–Crippen LogP) is 6.91. The Hall–Kier alpha value is -3.77. The van der Waals surface area contributed by atoms with E-state index < -0.39 is 5.82 Å². The Morgan fingerprint density at radius 2 is 1.81 bits per heavy atom. The van der Waals surface area contributed by atoms with Crippen LogP contribution in [0.5, 0.6) is 5.75 Å². The number of para-hydroxylation sites is 2. The molecule has 0 spiro atoms. The highest BCUT2D eigenvalue weighted by Gasteiger charge is 2.14. The fourth-order valence-electron chi connectivity index (χ4n) is 3.43. The van der Waals surface area contributed by atoms with Crippen LogP contribution in [0.4, 0.5) is 10.1 Å². The van der Waals surface area contributed by atoms with Gasteiger partial charge in [0.2, 0.25) is 5.55 Å². The van der Waals surface area contributed by atoms with Crippen LogP contribution in [0.1, 0.15) is 5.56 Å². The Balaban J connectivity index is 1.73. The van der Waals surface area contributed by atoms with Gasteiger partial charge in [-0.25, -0.2) is 14.4 Å². The first-order valence-corrected chi connectivity index (χ1v) is 10.9. The molecule has 158 valence electrons. The smallest absolute Gasteiger partial charge is 0.230 e. The average molecular weight is 443 g/mol. The summed E-state index contributed by atoms with van der Waals surface area (Å²) < 4.78 is 26.0. The lowest BCUT2D eigenvalue weighted by Crippen LogP contribution is -2.06. The first kappa shape index (κ1) is 20.2. The third kappa shape index (κ3) is 3.81. The molecule has 0 atom stereocenters. The number of hydrogen-bond acceptors (Lipinski definition) is 5. The molecule has 32 heavy (non-hydrogen) atoms. The van der Waals surface area contributed by atoms with E-state index >= 15 is 0 Å². The number of fused-ring (bicyclic) bond motifs is 1. The molecule has 0 radical (unpaired) electrons. The zero-order valence-electron chi connectivity index (χ0n) is 17.5. The first-order valence-electron chi connectivity index (χ1n) is 10.1. The van der Waals surface area contributed by atoms with Crippen molar-refractivity contribution in [2.45, 2.75) is 6.92 Å². The van der Waals surface area contributed by atoms with Crippen LogP contribution in [-0.4, -0.2) is 12.1 Å². The number of halogens is 1. The molecule has 5 aromatic rings. The number of rotatable bonds is 4. The van der Waals surface area contributed by atoms with Gasteiger partial charge >= 0.3 is 0 Å². The van der Waals surface area contributed by atoms with Crippen molar-refractivity contribution in [2.24, 2.45) is 4.99 Å². The minimum atomic E-state index is -0.423. The zero-order chi connectivity index (χ0) is 22.1. The standard InChI is InChI=1S/C26H19FN2O2S/c1-16-10-12-17(13-11-16)22-15-32-26(29-22)19-14-18-6-5-9-23(30-2)24(18)31-25(19)28-21-8-4-3-7-20(21)27/h3-15H,1-2H3. The number of benzene rings is 3. The highest BCUT2D eigenvalue weighted by atomic mass is 32.1. The number of methoxy groups -OCH3 is 1. The molecule has 5 rings (SSSR count). The molecule has 0 aliphatic carbocycles. The van der Waals surface area contributed by atoms with E-state index in [0.717, 1.165) is 21.7 Å². The van der Waals surface area contributed by atoms with Gasteiger partial charge in [-0.15, -0.1) is 11.3 Å². The van der Waals surface area contributed by atoms with E-state index in [0.29, 0.717) is 16.9 Å². The van der Waals surface area contributed by atoms with Crippen LogP contribution in [0.15, 0.2) is 87.6 Å². The van der Waals surface area contributed by atoms with Crippen LogP contribution >= 0.6 is 11.3 Å². The van der Waals surface area contributed by atoms with Crippen LogP contribution < -0.4 is 10.3 Å². The lowest BCUT2D eigenvalue weighted by Gasteiger charge is -2.07. The topological polar surface area (TPSA) is 47.6 Å². The quantitative estimate of drug-likeness (QED) is 0.304. The number of aromatic nitrogens is 1. The molecule has 0 fully saturated rings. The van der Waals surface area contributed by atoms with Crippen molar-refractivity contribution in [3.05, 3.63) is 95.1 Å². The molecule has 0 saturated heterocycles. The maximum Gasteiger partial charge on any atom is 0.230 e. The molecule has 0 saturated carbocycles. The van der Waals surface area contributed by atoms with Crippen molar-refractivity contribution in [2.75, 3.05) is 7.11 Å². The summed E-state index contributed by atoms with van der Waals surface area (Å²) in [6.45, 7) is 2.05. The third-order valence-corrected chi connectivity index (χ3v) is 5.99. The van der Waals surface area contributed by atoms with Gasteiger partial charge in [0, 0.05) is 16.3 Å². The fourth-order valence-corrected chi connectivity index (χ4v) is 4.26. The molecule has 0 bridgehead atoms. The zero-order valence-corrected chi connectivity index (χ0v) is 18.3. The van der Waals surface area contributed by atoms with E-state index in [9.17, 15) is 4.39 Å². The Bertz CT molecular complexity index is 1490. The van der Waals surface area contributed by atoms with Gasteiger partial charge in [0.1, 0.15) is 16.5 Å². The Morgan fingerprint density at radius 3 is 2.59 bits per heavy atom. The van der Waals surface area contributed by atoms with Gasteiger partial charge in [0.15, 0.2) is 11.3 Å². The van der Waals surface area contributed by atoms with E-state index in [1.807, 2.05) is 29.6 Å². The summed E-state index contributed by atoms with van der Waals surface area (Å²) in [5.74, 6) is 0.159. The maximum absolute atomic E-state index is 14.4. The summed E-state index contributed by atoms with van der Waals surface area (Å²) >= 11 is 1.49. The second-order valence-corrected chi connectivity index (χ2v) is 8.17. The molecule has 0 amide bonds. The van der Waals surface area contributed by atoms with Crippen LogP contribution in [0, 0.1) is 12.7 Å². The van der Waals surface area contributed by atoms with Gasteiger partial charge in [0.25, 0.3) is 0 Å². The Labute approximate surface area is 188 Å². The van der Waals surface area contributed by atoms with E-state index in [-0.39, 0.29) is 11.2 Å². The number of aryl methyl sites for hydroxylation is 1. The van der Waals surface area contributed by atoms with Crippen LogP contribution in [0.25, 0.3) is 32.8 Å². The molecule has 0 aliphatic rings. The predicted molar refractivity (Wildman–Crippen MR) is 126 cm³/mol. The van der Waals surface area contributed by atoms with Crippen molar-refractivity contribution in [1.82, 2.24) is 4.98 Å². The largest absolute Gasteiger partial charge is 0.493 e. The average Bonchev–Trinajstić information content (AvgIpc) is 3.30. The SMILES string of the molecule is COc1cccc2cc(-c3nc(-c4ccc(C)cc4)cs3)c(=Nc3ccccc3F)oc12. The van der Waals surface area contributed by atoms with Crippen molar-refractivity contribution in [3.63, 3.8) is 0 Å². The van der Waals surface area contributed by atoms with Gasteiger partial charge in [-0.1, -0.05) is 54.1 Å². The lowest BCUT2D eigenvalue weighted by atomic mass is 10.1. The molecule has 3 aromatic carbocycles. The summed E-state index contributed by atoms with van der Waals surface area (Å²) in [4.78, 5) is 9.33. The summed E-state index contributed by atoms with van der Waals surface area (Å²) in [6, 6.07) is 22.2. The van der Waals surface area contributed by atoms with Crippen LogP contribution in [0.2, 0.25) is 0 Å². The van der Waals surface area contributed by atoms with Crippen LogP contribution in [0.3, 0.4) is 0 Å². The minimum Gasteiger partial charge on any atom is -0.493 e. The molecule has 4 nitrogen and oxygen atoms in total. The van der Waals surface area contributed by atoms with E-state index in [1.165, 1.54) is 23.0 Å². The molecule has 6 heteroatoms. The molecule has 0 N–H and O–H groups in total. The van der Waals surface area contributed by atoms with Gasteiger partial charge in [-0.2, -0.15) is 0 Å². The van der Waals surface area contributed by atoms with Gasteiger partial charge in [-0.3, -0.25) is 0 Å². The second-order valence-electron chi connectivity index (χ2n) is 7.31. The summed E-state index contributed by atoms with van der Waals surface area (Å²) in [5.41, 5.74) is 4.80. The minimum absolute atomic E-state index is 0.196. The number of ether oxygens (including phenoxy) is 1. The highest BCUT2D eigenvalue weighted by molar-refractivity contribution is 7.13. The van der Waals surface area contributed by atoms with E-state index in [2.05, 4.69) is 36.2 Å². The van der Waals surface area contributed by atoms with Gasteiger partial charge < -0.3 is 9.15 Å². The molecular weight excluding hydrogens is 423 g/mol. The van der Waals surface area contributed by atoms with Crippen molar-refractivity contribution in [3.8, 4) is 27.6 Å². The molecule has 0 unspecified atom stereocenters. The molecule has 0 aliphatic heterocycles. The monoisotopic (exact) mass is 442 g/mol. The molecule has 2 heterocycles. The van der Waals surface area contributed by atoms with Crippen molar-refractivity contribution in [1.29, 1.82) is 0 Å². The number of nitrogens with zero attached hydrogens (tertiary/aromatic N) is 2. The summed E-state index contributed by atoms with van der Waals surface area (Å²) in [7, 11) is 1.58. The molecular formula is C26H19FN2O2S. The van der Waals surface area contributed by atoms with Gasteiger partial charge in [0.05, 0.1) is 18.4 Å². The summed E-state index contributed by atoms with van der Waals surface area (Å²) in [6.07, 6.45) is 0. The van der Waals surface area contributed by atoms with E-state index in [4.69, 9.17) is 14.1 Å². The maximum atomic E-state index is 14.4. The summed E-state index contributed by atoms with van der Waals surface area (Å²) in [5, 5.41) is 3.59. The first-order chi connectivity index (χ1) is 15.6. The molecule has 2 aromatic heterocycles. The van der Waals surface area contributed by atoms with Crippen LogP contribution in [-0.2, 0) is 0 Å². The highest BCUT2D eigenvalue weighted by Crippen LogP contribution is 2.32. The Morgan fingerprint density at radius 1 is 1.00 bits per heavy atom. The van der Waals surface area contributed by atoms with Gasteiger partial charge in [-0.05, 0) is 31.2 Å². The van der Waals surface area contributed by atoms with Crippen molar-refractivity contribution >= 4 is 28.0 Å². The number of hydrogen-bond donors (Lipinski definition) is 0.